The van der Waals surface area contributed by atoms with Gasteiger partial charge in [0.1, 0.15) is 5.82 Å². The largest absolute Gasteiger partial charge is 0.459 e. The number of amides is 2. The van der Waals surface area contributed by atoms with Crippen molar-refractivity contribution in [3.63, 3.8) is 0 Å². The Hall–Kier alpha value is -2.63. The molecule has 1 aromatic heterocycles. The highest BCUT2D eigenvalue weighted by Crippen LogP contribution is 2.17. The quantitative estimate of drug-likeness (QED) is 0.884. The van der Waals surface area contributed by atoms with Crippen molar-refractivity contribution in [2.45, 2.75) is 25.3 Å². The van der Waals surface area contributed by atoms with Gasteiger partial charge < -0.3 is 14.6 Å². The van der Waals surface area contributed by atoms with Gasteiger partial charge in [0, 0.05) is 19.5 Å². The summed E-state index contributed by atoms with van der Waals surface area (Å²) in [7, 11) is 0. The fraction of sp³-hybridized carbons (Fsp3) is 0.333. The van der Waals surface area contributed by atoms with Crippen LogP contribution < -0.4 is 5.32 Å². The van der Waals surface area contributed by atoms with Crippen molar-refractivity contribution in [2.75, 3.05) is 13.1 Å². The van der Waals surface area contributed by atoms with E-state index in [1.165, 1.54) is 18.4 Å². The molecule has 1 saturated heterocycles. The van der Waals surface area contributed by atoms with Crippen molar-refractivity contribution in [2.24, 2.45) is 0 Å². The number of halogens is 1. The van der Waals surface area contributed by atoms with E-state index in [-0.39, 0.29) is 29.4 Å². The van der Waals surface area contributed by atoms with E-state index in [1.807, 2.05) is 6.07 Å². The first-order valence-corrected chi connectivity index (χ1v) is 7.99. The number of likely N-dealkylation sites (tertiary alicyclic amines) is 1. The second kappa shape index (κ2) is 7.29. The second-order valence-electron chi connectivity index (χ2n) is 5.87. The van der Waals surface area contributed by atoms with Crippen molar-refractivity contribution < 1.29 is 18.4 Å². The molecule has 1 atom stereocenters. The lowest BCUT2D eigenvalue weighted by Crippen LogP contribution is -2.45. The van der Waals surface area contributed by atoms with Gasteiger partial charge in [-0.15, -0.1) is 0 Å². The van der Waals surface area contributed by atoms with E-state index in [0.717, 1.165) is 12.0 Å². The fourth-order valence-corrected chi connectivity index (χ4v) is 2.99. The summed E-state index contributed by atoms with van der Waals surface area (Å²) in [5.74, 6) is -0.328. The standard InChI is InChI=1S/C18H19FN2O3/c19-14-5-1-4-13(10-14)11-15(21-8-2-7-17(21)22)12-20-18(23)16-6-3-9-24-16/h1,3-6,9-10,15H,2,7-8,11-12H2,(H,20,23). The van der Waals surface area contributed by atoms with E-state index in [0.29, 0.717) is 25.9 Å². The van der Waals surface area contributed by atoms with E-state index in [1.54, 1.807) is 23.1 Å². The van der Waals surface area contributed by atoms with Crippen molar-refractivity contribution in [1.29, 1.82) is 0 Å². The lowest BCUT2D eigenvalue weighted by atomic mass is 10.0. The molecule has 1 aliphatic rings. The van der Waals surface area contributed by atoms with E-state index in [9.17, 15) is 14.0 Å². The highest BCUT2D eigenvalue weighted by Gasteiger charge is 2.28. The molecule has 5 nitrogen and oxygen atoms in total. The Kier molecular flexibility index (Phi) is 4.93. The molecule has 6 heteroatoms. The third-order valence-electron chi connectivity index (χ3n) is 4.15. The number of furan rings is 1. The lowest BCUT2D eigenvalue weighted by molar-refractivity contribution is -0.129. The molecule has 1 unspecified atom stereocenters. The minimum absolute atomic E-state index is 0.0728. The molecule has 1 N–H and O–H groups in total. The molecule has 0 aliphatic carbocycles. The molecule has 0 bridgehead atoms. The molecule has 0 saturated carbocycles. The van der Waals surface area contributed by atoms with E-state index >= 15 is 0 Å². The van der Waals surface area contributed by atoms with Crippen LogP contribution >= 0.6 is 0 Å². The Labute approximate surface area is 139 Å². The van der Waals surface area contributed by atoms with Gasteiger partial charge >= 0.3 is 0 Å². The van der Waals surface area contributed by atoms with Crippen molar-refractivity contribution in [3.8, 4) is 0 Å². The van der Waals surface area contributed by atoms with Crippen molar-refractivity contribution in [3.05, 3.63) is 59.8 Å². The number of nitrogens with one attached hydrogen (secondary N) is 1. The topological polar surface area (TPSA) is 62.6 Å². The summed E-state index contributed by atoms with van der Waals surface area (Å²) in [4.78, 5) is 25.9. The predicted molar refractivity (Wildman–Crippen MR) is 85.9 cm³/mol. The van der Waals surface area contributed by atoms with Crippen LogP contribution in [-0.4, -0.2) is 35.8 Å². The van der Waals surface area contributed by atoms with Crippen LogP contribution in [0.5, 0.6) is 0 Å². The molecule has 2 amide bonds. The zero-order valence-corrected chi connectivity index (χ0v) is 13.2. The minimum atomic E-state index is -0.323. The van der Waals surface area contributed by atoms with Crippen LogP contribution in [0.1, 0.15) is 29.0 Å². The Morgan fingerprint density at radius 3 is 2.88 bits per heavy atom. The van der Waals surface area contributed by atoms with Crippen LogP contribution in [0, 0.1) is 5.82 Å². The maximum absolute atomic E-state index is 13.4. The molecule has 1 fully saturated rings. The summed E-state index contributed by atoms with van der Waals surface area (Å²) < 4.78 is 18.5. The molecule has 2 aromatic rings. The zero-order valence-electron chi connectivity index (χ0n) is 13.2. The Bertz CT molecular complexity index is 715. The first kappa shape index (κ1) is 16.2. The van der Waals surface area contributed by atoms with E-state index < -0.39 is 0 Å². The monoisotopic (exact) mass is 330 g/mol. The Morgan fingerprint density at radius 1 is 1.33 bits per heavy atom. The highest BCUT2D eigenvalue weighted by molar-refractivity contribution is 5.91. The van der Waals surface area contributed by atoms with Crippen LogP contribution in [0.15, 0.2) is 47.1 Å². The molecular weight excluding hydrogens is 311 g/mol. The van der Waals surface area contributed by atoms with Crippen LogP contribution in [0.4, 0.5) is 4.39 Å². The number of carbonyl (C=O) groups is 2. The van der Waals surface area contributed by atoms with Gasteiger partial charge in [-0.05, 0) is 42.7 Å². The molecule has 1 aromatic carbocycles. The SMILES string of the molecule is O=C(NCC(Cc1cccc(F)c1)N1CCCC1=O)c1ccco1. The summed E-state index contributed by atoms with van der Waals surface area (Å²) in [6, 6.07) is 9.34. The molecule has 0 radical (unpaired) electrons. The fourth-order valence-electron chi connectivity index (χ4n) is 2.99. The van der Waals surface area contributed by atoms with Gasteiger partial charge in [0.05, 0.1) is 12.3 Å². The number of hydrogen-bond acceptors (Lipinski definition) is 3. The summed E-state index contributed by atoms with van der Waals surface area (Å²) >= 11 is 0. The summed E-state index contributed by atoms with van der Waals surface area (Å²) in [6.45, 7) is 0.956. The first-order chi connectivity index (χ1) is 11.6. The normalized spacial score (nSPS) is 15.5. The maximum Gasteiger partial charge on any atom is 0.287 e. The molecule has 1 aliphatic heterocycles. The summed E-state index contributed by atoms with van der Waals surface area (Å²) in [5.41, 5.74) is 0.798. The Balaban J connectivity index is 1.70. The molecule has 24 heavy (non-hydrogen) atoms. The number of rotatable bonds is 6. The lowest BCUT2D eigenvalue weighted by Gasteiger charge is -2.28. The van der Waals surface area contributed by atoms with Crippen LogP contribution in [0.2, 0.25) is 0 Å². The number of benzene rings is 1. The van der Waals surface area contributed by atoms with Gasteiger partial charge in [-0.2, -0.15) is 0 Å². The van der Waals surface area contributed by atoms with Gasteiger partial charge in [-0.25, -0.2) is 4.39 Å². The van der Waals surface area contributed by atoms with Crippen LogP contribution in [0.3, 0.4) is 0 Å². The molecular formula is C18H19FN2O3. The second-order valence-corrected chi connectivity index (χ2v) is 5.87. The number of nitrogens with zero attached hydrogens (tertiary/aromatic N) is 1. The number of carbonyl (C=O) groups excluding carboxylic acids is 2. The molecule has 2 heterocycles. The summed E-state index contributed by atoms with van der Waals surface area (Å²) in [6.07, 6.45) is 3.25. The smallest absolute Gasteiger partial charge is 0.287 e. The third-order valence-corrected chi connectivity index (χ3v) is 4.15. The maximum atomic E-state index is 13.4. The van der Waals surface area contributed by atoms with Gasteiger partial charge in [0.2, 0.25) is 5.91 Å². The van der Waals surface area contributed by atoms with Gasteiger partial charge in [0.25, 0.3) is 5.91 Å². The van der Waals surface area contributed by atoms with Gasteiger partial charge in [0.15, 0.2) is 5.76 Å². The Morgan fingerprint density at radius 2 is 2.21 bits per heavy atom. The molecule has 0 spiro atoms. The molecule has 126 valence electrons. The van der Waals surface area contributed by atoms with Gasteiger partial charge in [-0.1, -0.05) is 12.1 Å². The van der Waals surface area contributed by atoms with Crippen LogP contribution in [-0.2, 0) is 11.2 Å². The minimum Gasteiger partial charge on any atom is -0.459 e. The third kappa shape index (κ3) is 3.82. The molecule has 3 rings (SSSR count). The zero-order chi connectivity index (χ0) is 16.9. The van der Waals surface area contributed by atoms with Crippen molar-refractivity contribution in [1.82, 2.24) is 10.2 Å². The van der Waals surface area contributed by atoms with E-state index in [2.05, 4.69) is 5.32 Å². The van der Waals surface area contributed by atoms with E-state index in [4.69, 9.17) is 4.42 Å². The van der Waals surface area contributed by atoms with Gasteiger partial charge in [-0.3, -0.25) is 9.59 Å². The average molecular weight is 330 g/mol. The van der Waals surface area contributed by atoms with Crippen LogP contribution in [0.25, 0.3) is 0 Å². The van der Waals surface area contributed by atoms with Crippen molar-refractivity contribution >= 4 is 11.8 Å². The number of hydrogen-bond donors (Lipinski definition) is 1. The average Bonchev–Trinajstić information content (AvgIpc) is 3.23. The predicted octanol–water partition coefficient (Wildman–Crippen LogP) is 2.38. The first-order valence-electron chi connectivity index (χ1n) is 7.99. The highest BCUT2D eigenvalue weighted by atomic mass is 19.1. The summed E-state index contributed by atoms with van der Waals surface area (Å²) in [5, 5.41) is 2.80.